The quantitative estimate of drug-likeness (QED) is 0.904. The molecule has 0 aliphatic heterocycles. The molecule has 104 valence electrons. The lowest BCUT2D eigenvalue weighted by molar-refractivity contribution is 0.102. The van der Waals surface area contributed by atoms with Crippen LogP contribution in [0.1, 0.15) is 28.9 Å². The molecule has 0 fully saturated rings. The van der Waals surface area contributed by atoms with E-state index in [4.69, 9.17) is 11.6 Å². The number of carbonyl (C=O) groups is 1. The number of rotatable bonds is 3. The van der Waals surface area contributed by atoms with Crippen LogP contribution in [-0.4, -0.2) is 11.0 Å². The second kappa shape index (κ2) is 6.03. The molecule has 1 atom stereocenters. The predicted molar refractivity (Wildman–Crippen MR) is 76.4 cm³/mol. The predicted octanol–water partition coefficient (Wildman–Crippen LogP) is 3.78. The molecular weight excluding hydrogens is 281 g/mol. The first kappa shape index (κ1) is 14.5. The number of anilines is 1. The van der Waals surface area contributed by atoms with Crippen LogP contribution in [-0.2, 0) is 0 Å². The Morgan fingerprint density at radius 2 is 1.95 bits per heavy atom. The molecule has 2 aromatic rings. The van der Waals surface area contributed by atoms with Crippen LogP contribution in [0.4, 0.5) is 10.1 Å². The molecule has 2 aromatic carbocycles. The third kappa shape index (κ3) is 2.98. The van der Waals surface area contributed by atoms with Crippen molar-refractivity contribution in [2.75, 3.05) is 5.32 Å². The fourth-order valence-electron chi connectivity index (χ4n) is 1.84. The molecule has 20 heavy (non-hydrogen) atoms. The van der Waals surface area contributed by atoms with Gasteiger partial charge in [-0.2, -0.15) is 0 Å². The minimum Gasteiger partial charge on any atom is -0.389 e. The number of nitrogens with one attached hydrogen (secondary N) is 1. The van der Waals surface area contributed by atoms with Crippen LogP contribution in [0.3, 0.4) is 0 Å². The van der Waals surface area contributed by atoms with Gasteiger partial charge in [0, 0.05) is 11.3 Å². The van der Waals surface area contributed by atoms with Crippen LogP contribution in [0.15, 0.2) is 42.5 Å². The topological polar surface area (TPSA) is 49.3 Å². The lowest BCUT2D eigenvalue weighted by Gasteiger charge is -2.13. The van der Waals surface area contributed by atoms with Gasteiger partial charge in [-0.25, -0.2) is 4.39 Å². The molecular formula is C15H13ClFNO2. The highest BCUT2D eigenvalue weighted by atomic mass is 35.5. The molecule has 0 saturated heterocycles. The van der Waals surface area contributed by atoms with Crippen molar-refractivity contribution >= 4 is 23.2 Å². The van der Waals surface area contributed by atoms with Crippen LogP contribution in [0.5, 0.6) is 0 Å². The monoisotopic (exact) mass is 293 g/mol. The Balaban J connectivity index is 2.31. The molecule has 0 radical (unpaired) electrons. The molecule has 3 nitrogen and oxygen atoms in total. The summed E-state index contributed by atoms with van der Waals surface area (Å²) >= 11 is 5.65. The summed E-state index contributed by atoms with van der Waals surface area (Å²) in [6, 6.07) is 11.0. The zero-order valence-corrected chi connectivity index (χ0v) is 11.5. The summed E-state index contributed by atoms with van der Waals surface area (Å²) < 4.78 is 13.8. The number of carbonyl (C=O) groups excluding carboxylic acids is 1. The van der Waals surface area contributed by atoms with Crippen molar-refractivity contribution in [2.45, 2.75) is 13.0 Å². The average Bonchev–Trinajstić information content (AvgIpc) is 2.42. The van der Waals surface area contributed by atoms with E-state index >= 15 is 0 Å². The molecule has 2 rings (SSSR count). The molecule has 0 aromatic heterocycles. The standard InChI is InChI=1S/C15H13ClFNO2/c1-9(19)10-5-2-3-8-13(10)18-15(20)11-6-4-7-12(16)14(11)17/h2-9,19H,1H3,(H,18,20). The Morgan fingerprint density at radius 3 is 2.65 bits per heavy atom. The number of halogens is 2. The summed E-state index contributed by atoms with van der Waals surface area (Å²) in [5.74, 6) is -1.38. The first-order valence-corrected chi connectivity index (χ1v) is 6.41. The summed E-state index contributed by atoms with van der Waals surface area (Å²) in [4.78, 5) is 12.1. The van der Waals surface area contributed by atoms with Crippen molar-refractivity contribution in [3.63, 3.8) is 0 Å². The minimum atomic E-state index is -0.763. The van der Waals surface area contributed by atoms with Gasteiger partial charge >= 0.3 is 0 Å². The number of aliphatic hydroxyl groups excluding tert-OH is 1. The average molecular weight is 294 g/mol. The Hall–Kier alpha value is -1.91. The van der Waals surface area contributed by atoms with Gasteiger partial charge in [0.2, 0.25) is 0 Å². The lowest BCUT2D eigenvalue weighted by Crippen LogP contribution is -2.15. The molecule has 0 bridgehead atoms. The molecule has 1 amide bonds. The Bertz CT molecular complexity index is 644. The number of para-hydroxylation sites is 1. The summed E-state index contributed by atoms with van der Waals surface area (Å²) in [5, 5.41) is 12.1. The summed E-state index contributed by atoms with van der Waals surface area (Å²) in [6.45, 7) is 1.59. The van der Waals surface area contributed by atoms with Gasteiger partial charge in [0.05, 0.1) is 16.7 Å². The van der Waals surface area contributed by atoms with Gasteiger partial charge in [0.1, 0.15) is 0 Å². The number of hydrogen-bond acceptors (Lipinski definition) is 2. The van der Waals surface area contributed by atoms with E-state index in [2.05, 4.69) is 5.32 Å². The van der Waals surface area contributed by atoms with Crippen molar-refractivity contribution in [3.05, 3.63) is 64.4 Å². The first-order valence-electron chi connectivity index (χ1n) is 6.03. The fraction of sp³-hybridized carbons (Fsp3) is 0.133. The molecule has 1 unspecified atom stereocenters. The zero-order chi connectivity index (χ0) is 14.7. The van der Waals surface area contributed by atoms with Gasteiger partial charge in [-0.05, 0) is 25.1 Å². The minimum absolute atomic E-state index is 0.110. The van der Waals surface area contributed by atoms with Crippen LogP contribution in [0.2, 0.25) is 5.02 Å². The second-order valence-electron chi connectivity index (χ2n) is 4.32. The Kier molecular flexibility index (Phi) is 4.37. The van der Waals surface area contributed by atoms with Crippen molar-refractivity contribution in [3.8, 4) is 0 Å². The maximum atomic E-state index is 13.8. The highest BCUT2D eigenvalue weighted by Crippen LogP contribution is 2.24. The van der Waals surface area contributed by atoms with Crippen LogP contribution in [0, 0.1) is 5.82 Å². The summed E-state index contributed by atoms with van der Waals surface area (Å²) in [5.41, 5.74) is 0.855. The van der Waals surface area contributed by atoms with Crippen LogP contribution >= 0.6 is 11.6 Å². The van der Waals surface area contributed by atoms with E-state index in [1.807, 2.05) is 0 Å². The smallest absolute Gasteiger partial charge is 0.258 e. The van der Waals surface area contributed by atoms with Gasteiger partial charge < -0.3 is 10.4 Å². The van der Waals surface area contributed by atoms with Crippen molar-refractivity contribution in [2.24, 2.45) is 0 Å². The highest BCUT2D eigenvalue weighted by Gasteiger charge is 2.16. The van der Waals surface area contributed by atoms with Gasteiger partial charge in [-0.3, -0.25) is 4.79 Å². The van der Waals surface area contributed by atoms with Gasteiger partial charge in [-0.15, -0.1) is 0 Å². The Labute approximate surface area is 121 Å². The normalized spacial score (nSPS) is 12.0. The molecule has 0 heterocycles. The maximum Gasteiger partial charge on any atom is 0.258 e. The van der Waals surface area contributed by atoms with E-state index in [-0.39, 0.29) is 10.6 Å². The third-order valence-corrected chi connectivity index (χ3v) is 3.15. The number of hydrogen-bond donors (Lipinski definition) is 2. The largest absolute Gasteiger partial charge is 0.389 e. The van der Waals surface area contributed by atoms with E-state index in [9.17, 15) is 14.3 Å². The molecule has 0 spiro atoms. The number of aliphatic hydroxyl groups is 1. The van der Waals surface area contributed by atoms with E-state index in [0.29, 0.717) is 11.3 Å². The molecule has 5 heteroatoms. The van der Waals surface area contributed by atoms with E-state index < -0.39 is 17.8 Å². The Morgan fingerprint density at radius 1 is 1.25 bits per heavy atom. The van der Waals surface area contributed by atoms with Crippen molar-refractivity contribution in [1.82, 2.24) is 0 Å². The molecule has 2 N–H and O–H groups in total. The van der Waals surface area contributed by atoms with Crippen molar-refractivity contribution < 1.29 is 14.3 Å². The molecule has 0 saturated carbocycles. The second-order valence-corrected chi connectivity index (χ2v) is 4.73. The summed E-state index contributed by atoms with van der Waals surface area (Å²) in [7, 11) is 0. The molecule has 0 aliphatic carbocycles. The van der Waals surface area contributed by atoms with Gasteiger partial charge in [-0.1, -0.05) is 35.9 Å². The third-order valence-electron chi connectivity index (χ3n) is 2.86. The van der Waals surface area contributed by atoms with Crippen LogP contribution < -0.4 is 5.32 Å². The summed E-state index contributed by atoms with van der Waals surface area (Å²) in [6.07, 6.45) is -0.740. The number of benzene rings is 2. The fourth-order valence-corrected chi connectivity index (χ4v) is 2.02. The lowest BCUT2D eigenvalue weighted by atomic mass is 10.1. The van der Waals surface area contributed by atoms with Gasteiger partial charge in [0.25, 0.3) is 5.91 Å². The molecule has 0 aliphatic rings. The maximum absolute atomic E-state index is 13.8. The SMILES string of the molecule is CC(O)c1ccccc1NC(=O)c1cccc(Cl)c1F. The zero-order valence-electron chi connectivity index (χ0n) is 10.7. The van der Waals surface area contributed by atoms with E-state index in [0.717, 1.165) is 0 Å². The van der Waals surface area contributed by atoms with Gasteiger partial charge in [0.15, 0.2) is 5.82 Å². The van der Waals surface area contributed by atoms with Crippen LogP contribution in [0.25, 0.3) is 0 Å². The number of amides is 1. The first-order chi connectivity index (χ1) is 9.50. The van der Waals surface area contributed by atoms with E-state index in [1.165, 1.54) is 18.2 Å². The van der Waals surface area contributed by atoms with E-state index in [1.54, 1.807) is 31.2 Å². The van der Waals surface area contributed by atoms with Crippen molar-refractivity contribution in [1.29, 1.82) is 0 Å². The highest BCUT2D eigenvalue weighted by molar-refractivity contribution is 6.31.